The zero-order valence-electron chi connectivity index (χ0n) is 11.8. The molecule has 1 aromatic rings. The summed E-state index contributed by atoms with van der Waals surface area (Å²) in [6.07, 6.45) is 6.42. The summed E-state index contributed by atoms with van der Waals surface area (Å²) in [6, 6.07) is 8.47. The molecule has 1 saturated heterocycles. The molecule has 1 saturated carbocycles. The van der Waals surface area contributed by atoms with E-state index in [0.29, 0.717) is 6.10 Å². The Morgan fingerprint density at radius 3 is 2.32 bits per heavy atom. The fourth-order valence-corrected chi connectivity index (χ4v) is 3.25. The molecule has 3 rings (SSSR count). The highest BCUT2D eigenvalue weighted by atomic mass is 16.5. The summed E-state index contributed by atoms with van der Waals surface area (Å²) in [4.78, 5) is 2.26. The van der Waals surface area contributed by atoms with Crippen molar-refractivity contribution in [3.05, 3.63) is 29.8 Å². The molecule has 0 amide bonds. The summed E-state index contributed by atoms with van der Waals surface area (Å²) in [7, 11) is 2.12. The highest BCUT2D eigenvalue weighted by Gasteiger charge is 2.29. The van der Waals surface area contributed by atoms with E-state index in [4.69, 9.17) is 10.5 Å². The molecule has 104 valence electrons. The molecule has 1 aliphatic carbocycles. The smallest absolute Gasteiger partial charge is 0.124 e. The van der Waals surface area contributed by atoms with Gasteiger partial charge >= 0.3 is 0 Å². The predicted octanol–water partition coefficient (Wildman–Crippen LogP) is 2.50. The van der Waals surface area contributed by atoms with Gasteiger partial charge in [0.1, 0.15) is 11.9 Å². The summed E-state index contributed by atoms with van der Waals surface area (Å²) in [5.41, 5.74) is 7.70. The molecule has 1 aromatic carbocycles. The largest absolute Gasteiger partial charge is 0.488 e. The first-order valence-electron chi connectivity index (χ1n) is 7.40. The molecule has 0 atom stereocenters. The average Bonchev–Trinajstić information content (AvgIpc) is 2.38. The van der Waals surface area contributed by atoms with Crippen molar-refractivity contribution in [3.8, 4) is 5.75 Å². The Morgan fingerprint density at radius 1 is 1.11 bits per heavy atom. The molecule has 1 aliphatic heterocycles. The van der Waals surface area contributed by atoms with Gasteiger partial charge in [0.15, 0.2) is 0 Å². The summed E-state index contributed by atoms with van der Waals surface area (Å²) in [5.74, 6) is 0.973. The van der Waals surface area contributed by atoms with E-state index in [1.807, 2.05) is 0 Å². The summed E-state index contributed by atoms with van der Waals surface area (Å²) < 4.78 is 5.91. The Morgan fingerprint density at radius 2 is 1.74 bits per heavy atom. The van der Waals surface area contributed by atoms with Crippen molar-refractivity contribution in [2.24, 2.45) is 5.73 Å². The van der Waals surface area contributed by atoms with E-state index in [-0.39, 0.29) is 5.54 Å². The number of hydrogen-bond donors (Lipinski definition) is 1. The van der Waals surface area contributed by atoms with Crippen LogP contribution >= 0.6 is 0 Å². The second-order valence-corrected chi connectivity index (χ2v) is 6.20. The number of rotatable bonds is 3. The molecule has 2 aliphatic rings. The van der Waals surface area contributed by atoms with Crippen molar-refractivity contribution in [2.75, 3.05) is 20.1 Å². The van der Waals surface area contributed by atoms with Crippen LogP contribution in [0.4, 0.5) is 0 Å². The van der Waals surface area contributed by atoms with Crippen LogP contribution in [0.3, 0.4) is 0 Å². The molecule has 19 heavy (non-hydrogen) atoms. The first-order valence-corrected chi connectivity index (χ1v) is 7.40. The molecule has 2 fully saturated rings. The van der Waals surface area contributed by atoms with Crippen LogP contribution < -0.4 is 10.5 Å². The molecular weight excluding hydrogens is 236 g/mol. The number of nitrogens with two attached hydrogens (primary N) is 1. The monoisotopic (exact) mass is 260 g/mol. The number of hydrogen-bond acceptors (Lipinski definition) is 3. The normalized spacial score (nSPS) is 23.9. The van der Waals surface area contributed by atoms with Crippen molar-refractivity contribution < 1.29 is 4.74 Å². The first kappa shape index (κ1) is 12.9. The van der Waals surface area contributed by atoms with E-state index in [2.05, 4.69) is 36.2 Å². The maximum Gasteiger partial charge on any atom is 0.124 e. The van der Waals surface area contributed by atoms with Gasteiger partial charge in [0.05, 0.1) is 0 Å². The molecule has 0 unspecified atom stereocenters. The third kappa shape index (κ3) is 2.77. The van der Waals surface area contributed by atoms with Crippen LogP contribution in [-0.2, 0) is 5.54 Å². The average molecular weight is 260 g/mol. The molecule has 0 spiro atoms. The van der Waals surface area contributed by atoms with Crippen molar-refractivity contribution in [1.29, 1.82) is 0 Å². The molecule has 2 N–H and O–H groups in total. The van der Waals surface area contributed by atoms with Gasteiger partial charge in [0.25, 0.3) is 0 Å². The number of benzene rings is 1. The van der Waals surface area contributed by atoms with E-state index < -0.39 is 0 Å². The van der Waals surface area contributed by atoms with Crippen molar-refractivity contribution in [3.63, 3.8) is 0 Å². The van der Waals surface area contributed by atoms with Gasteiger partial charge in [-0.2, -0.15) is 0 Å². The second kappa shape index (κ2) is 5.14. The minimum absolute atomic E-state index is 0.104. The second-order valence-electron chi connectivity index (χ2n) is 6.20. The van der Waals surface area contributed by atoms with Crippen molar-refractivity contribution >= 4 is 0 Å². The van der Waals surface area contributed by atoms with Gasteiger partial charge in [-0.05, 0) is 37.6 Å². The van der Waals surface area contributed by atoms with Crippen LogP contribution in [0.15, 0.2) is 24.3 Å². The quantitative estimate of drug-likeness (QED) is 0.907. The van der Waals surface area contributed by atoms with Crippen LogP contribution in [0, 0.1) is 0 Å². The highest BCUT2D eigenvalue weighted by Crippen LogP contribution is 2.35. The van der Waals surface area contributed by atoms with E-state index >= 15 is 0 Å². The van der Waals surface area contributed by atoms with Crippen LogP contribution in [0.5, 0.6) is 5.75 Å². The van der Waals surface area contributed by atoms with Crippen molar-refractivity contribution in [1.82, 2.24) is 4.90 Å². The van der Waals surface area contributed by atoms with Gasteiger partial charge in [-0.15, -0.1) is 0 Å². The molecule has 0 radical (unpaired) electrons. The Hall–Kier alpha value is -1.06. The topological polar surface area (TPSA) is 38.5 Å². The van der Waals surface area contributed by atoms with Gasteiger partial charge in [-0.3, -0.25) is 4.90 Å². The van der Waals surface area contributed by atoms with Crippen molar-refractivity contribution in [2.45, 2.75) is 43.7 Å². The fraction of sp³-hybridized carbons (Fsp3) is 0.625. The first-order chi connectivity index (χ1) is 9.16. The van der Waals surface area contributed by atoms with Gasteiger partial charge in [0, 0.05) is 18.6 Å². The van der Waals surface area contributed by atoms with E-state index in [0.717, 1.165) is 31.7 Å². The minimum Gasteiger partial charge on any atom is -0.488 e. The van der Waals surface area contributed by atoms with Gasteiger partial charge in [-0.1, -0.05) is 31.4 Å². The lowest BCUT2D eigenvalue weighted by molar-refractivity contribution is 0.0388. The zero-order valence-corrected chi connectivity index (χ0v) is 11.8. The fourth-order valence-electron chi connectivity index (χ4n) is 3.25. The third-order valence-electron chi connectivity index (χ3n) is 4.51. The SMILES string of the molecule is CN1CC(Oc2ccc(C3(N)CCCCC3)cc2)C1. The number of likely N-dealkylation sites (tertiary alicyclic amines) is 1. The lowest BCUT2D eigenvalue weighted by Gasteiger charge is -2.36. The lowest BCUT2D eigenvalue weighted by Crippen LogP contribution is -2.51. The standard InChI is InChI=1S/C16H24N2O/c1-18-11-15(12-18)19-14-7-5-13(6-8-14)16(17)9-3-2-4-10-16/h5-8,15H,2-4,9-12,17H2,1H3. The zero-order chi connectivity index (χ0) is 13.3. The lowest BCUT2D eigenvalue weighted by atomic mass is 9.77. The highest BCUT2D eigenvalue weighted by molar-refractivity contribution is 5.32. The van der Waals surface area contributed by atoms with Gasteiger partial charge in [0.2, 0.25) is 0 Å². The molecule has 0 aromatic heterocycles. The Balaban J connectivity index is 1.64. The van der Waals surface area contributed by atoms with Crippen LogP contribution in [-0.4, -0.2) is 31.1 Å². The van der Waals surface area contributed by atoms with Crippen LogP contribution in [0.2, 0.25) is 0 Å². The third-order valence-corrected chi connectivity index (χ3v) is 4.51. The van der Waals surface area contributed by atoms with E-state index in [9.17, 15) is 0 Å². The van der Waals surface area contributed by atoms with E-state index in [1.54, 1.807) is 0 Å². The predicted molar refractivity (Wildman–Crippen MR) is 77.3 cm³/mol. The summed E-state index contributed by atoms with van der Waals surface area (Å²) in [6.45, 7) is 2.06. The Labute approximate surface area is 115 Å². The maximum absolute atomic E-state index is 6.54. The van der Waals surface area contributed by atoms with Crippen LogP contribution in [0.1, 0.15) is 37.7 Å². The van der Waals surface area contributed by atoms with Gasteiger partial charge < -0.3 is 10.5 Å². The minimum atomic E-state index is -0.104. The number of ether oxygens (including phenoxy) is 1. The molecule has 3 heteroatoms. The molecule has 0 bridgehead atoms. The molecule has 3 nitrogen and oxygen atoms in total. The summed E-state index contributed by atoms with van der Waals surface area (Å²) in [5, 5.41) is 0. The number of likely N-dealkylation sites (N-methyl/N-ethyl adjacent to an activating group) is 1. The molecule has 1 heterocycles. The number of nitrogens with zero attached hydrogens (tertiary/aromatic N) is 1. The van der Waals surface area contributed by atoms with Crippen LogP contribution in [0.25, 0.3) is 0 Å². The molecular formula is C16H24N2O. The van der Waals surface area contributed by atoms with Gasteiger partial charge in [-0.25, -0.2) is 0 Å². The summed E-state index contributed by atoms with van der Waals surface area (Å²) >= 11 is 0. The Kier molecular flexibility index (Phi) is 3.50. The maximum atomic E-state index is 6.54. The Bertz CT molecular complexity index is 417. The van der Waals surface area contributed by atoms with E-state index in [1.165, 1.54) is 24.8 Å².